The Bertz CT molecular complexity index is 870. The molecule has 24 heavy (non-hydrogen) atoms. The lowest BCUT2D eigenvalue weighted by molar-refractivity contribution is 0.0784. The summed E-state index contributed by atoms with van der Waals surface area (Å²) < 4.78 is 5.00. The van der Waals surface area contributed by atoms with Gasteiger partial charge in [0.05, 0.1) is 5.52 Å². The van der Waals surface area contributed by atoms with E-state index in [1.54, 1.807) is 23.1 Å². The van der Waals surface area contributed by atoms with Gasteiger partial charge in [0.1, 0.15) is 0 Å². The summed E-state index contributed by atoms with van der Waals surface area (Å²) in [5, 5.41) is 9.12. The van der Waals surface area contributed by atoms with Gasteiger partial charge >= 0.3 is 11.8 Å². The molecule has 4 rings (SSSR count). The molecule has 0 spiro atoms. The topological polar surface area (TPSA) is 107 Å². The second-order valence-electron chi connectivity index (χ2n) is 6.47. The van der Waals surface area contributed by atoms with Crippen LogP contribution in [0.4, 0.5) is 4.79 Å². The van der Waals surface area contributed by atoms with Gasteiger partial charge in [0.15, 0.2) is 5.58 Å². The van der Waals surface area contributed by atoms with Gasteiger partial charge in [0.25, 0.3) is 5.91 Å². The SMILES string of the molecule is O=C(O)N1CCC2CN(C(=O)c3ccc4[nH]c(=O)oc4c3)CC2C1. The first-order chi connectivity index (χ1) is 11.5. The quantitative estimate of drug-likeness (QED) is 0.816. The Morgan fingerprint density at radius 1 is 1.17 bits per heavy atom. The molecular weight excluding hydrogens is 314 g/mol. The van der Waals surface area contributed by atoms with Crippen LogP contribution in [-0.2, 0) is 0 Å². The number of carboxylic acid groups (broad SMARTS) is 1. The Kier molecular flexibility index (Phi) is 3.33. The molecule has 2 amide bonds. The van der Waals surface area contributed by atoms with Crippen molar-refractivity contribution in [3.05, 3.63) is 34.3 Å². The lowest BCUT2D eigenvalue weighted by Crippen LogP contribution is -2.42. The average Bonchev–Trinajstić information content (AvgIpc) is 3.14. The van der Waals surface area contributed by atoms with Crippen LogP contribution >= 0.6 is 0 Å². The highest BCUT2D eigenvalue weighted by molar-refractivity contribution is 5.97. The number of aromatic amines is 1. The summed E-state index contributed by atoms with van der Waals surface area (Å²) >= 11 is 0. The molecule has 0 saturated carbocycles. The van der Waals surface area contributed by atoms with E-state index in [9.17, 15) is 14.4 Å². The standard InChI is InChI=1S/C16H17N3O5/c20-14(9-1-2-12-13(5-9)24-15(21)17-12)19-6-10-3-4-18(16(22)23)7-11(10)8-19/h1-2,5,10-11H,3-4,6-8H2,(H,17,21)(H,22,23). The Balaban J connectivity index is 1.52. The zero-order valence-electron chi connectivity index (χ0n) is 12.9. The molecule has 2 atom stereocenters. The van der Waals surface area contributed by atoms with E-state index in [1.807, 2.05) is 0 Å². The number of amides is 2. The second-order valence-corrected chi connectivity index (χ2v) is 6.47. The normalized spacial score (nSPS) is 23.5. The number of fused-ring (bicyclic) bond motifs is 2. The van der Waals surface area contributed by atoms with Gasteiger partial charge < -0.3 is 19.3 Å². The Morgan fingerprint density at radius 3 is 2.71 bits per heavy atom. The number of hydrogen-bond donors (Lipinski definition) is 2. The molecular formula is C16H17N3O5. The lowest BCUT2D eigenvalue weighted by atomic mass is 9.89. The van der Waals surface area contributed by atoms with E-state index in [4.69, 9.17) is 9.52 Å². The van der Waals surface area contributed by atoms with Crippen molar-refractivity contribution < 1.29 is 19.1 Å². The van der Waals surface area contributed by atoms with Crippen LogP contribution in [0.1, 0.15) is 16.8 Å². The molecule has 2 N–H and O–H groups in total. The molecule has 0 radical (unpaired) electrons. The van der Waals surface area contributed by atoms with Gasteiger partial charge in [-0.15, -0.1) is 0 Å². The molecule has 126 valence electrons. The zero-order chi connectivity index (χ0) is 16.8. The van der Waals surface area contributed by atoms with Gasteiger partial charge in [0.2, 0.25) is 0 Å². The third-order valence-electron chi connectivity index (χ3n) is 5.03. The first-order valence-electron chi connectivity index (χ1n) is 7.91. The van der Waals surface area contributed by atoms with E-state index in [2.05, 4.69) is 4.98 Å². The van der Waals surface area contributed by atoms with Gasteiger partial charge in [-0.3, -0.25) is 9.78 Å². The van der Waals surface area contributed by atoms with Gasteiger partial charge in [-0.05, 0) is 36.5 Å². The molecule has 1 aromatic carbocycles. The van der Waals surface area contributed by atoms with Crippen molar-refractivity contribution in [1.82, 2.24) is 14.8 Å². The molecule has 2 aliphatic heterocycles. The van der Waals surface area contributed by atoms with Crippen LogP contribution in [0.15, 0.2) is 27.4 Å². The number of nitrogens with zero attached hydrogens (tertiary/aromatic N) is 2. The van der Waals surface area contributed by atoms with Crippen LogP contribution in [0.3, 0.4) is 0 Å². The molecule has 3 heterocycles. The fourth-order valence-electron chi connectivity index (χ4n) is 3.77. The summed E-state index contributed by atoms with van der Waals surface area (Å²) in [6.45, 7) is 2.21. The number of rotatable bonds is 1. The predicted octanol–water partition coefficient (Wildman–Crippen LogP) is 1.19. The number of nitrogens with one attached hydrogen (secondary N) is 1. The fraction of sp³-hybridized carbons (Fsp3) is 0.438. The van der Waals surface area contributed by atoms with Gasteiger partial charge in [0, 0.05) is 31.7 Å². The summed E-state index contributed by atoms with van der Waals surface area (Å²) in [6.07, 6.45) is -0.113. The number of aromatic nitrogens is 1. The van der Waals surface area contributed by atoms with Crippen LogP contribution in [0.2, 0.25) is 0 Å². The summed E-state index contributed by atoms with van der Waals surface area (Å²) in [4.78, 5) is 40.8. The Hall–Kier alpha value is -2.77. The first kappa shape index (κ1) is 14.8. The minimum absolute atomic E-state index is 0.114. The summed E-state index contributed by atoms with van der Waals surface area (Å²) in [7, 11) is 0. The largest absolute Gasteiger partial charge is 0.465 e. The van der Waals surface area contributed by atoms with Crippen molar-refractivity contribution in [2.45, 2.75) is 6.42 Å². The van der Waals surface area contributed by atoms with E-state index in [-0.39, 0.29) is 11.8 Å². The number of likely N-dealkylation sites (tertiary alicyclic amines) is 2. The fourth-order valence-corrected chi connectivity index (χ4v) is 3.77. The van der Waals surface area contributed by atoms with E-state index >= 15 is 0 Å². The van der Waals surface area contributed by atoms with Crippen molar-refractivity contribution in [2.75, 3.05) is 26.2 Å². The minimum Gasteiger partial charge on any atom is -0.465 e. The highest BCUT2D eigenvalue weighted by Crippen LogP contribution is 2.32. The zero-order valence-corrected chi connectivity index (χ0v) is 12.9. The number of carbonyl (C=O) groups excluding carboxylic acids is 1. The molecule has 1 aromatic heterocycles. The number of hydrogen-bond acceptors (Lipinski definition) is 4. The smallest absolute Gasteiger partial charge is 0.417 e. The van der Waals surface area contributed by atoms with Crippen molar-refractivity contribution in [3.63, 3.8) is 0 Å². The van der Waals surface area contributed by atoms with Crippen LogP contribution in [-0.4, -0.2) is 58.1 Å². The predicted molar refractivity (Wildman–Crippen MR) is 83.9 cm³/mol. The maximum absolute atomic E-state index is 12.7. The molecule has 0 aliphatic carbocycles. The molecule has 2 fully saturated rings. The summed E-state index contributed by atoms with van der Waals surface area (Å²) in [5.41, 5.74) is 1.39. The van der Waals surface area contributed by atoms with Crippen molar-refractivity contribution in [3.8, 4) is 0 Å². The van der Waals surface area contributed by atoms with Gasteiger partial charge in [-0.1, -0.05) is 0 Å². The van der Waals surface area contributed by atoms with Crippen LogP contribution < -0.4 is 5.76 Å². The maximum Gasteiger partial charge on any atom is 0.417 e. The van der Waals surface area contributed by atoms with Gasteiger partial charge in [-0.2, -0.15) is 0 Å². The molecule has 2 aliphatic rings. The number of H-pyrrole nitrogens is 1. The number of piperidine rings is 1. The number of benzene rings is 1. The van der Waals surface area contributed by atoms with Crippen molar-refractivity contribution in [2.24, 2.45) is 11.8 Å². The third-order valence-corrected chi connectivity index (χ3v) is 5.03. The van der Waals surface area contributed by atoms with E-state index in [0.717, 1.165) is 6.42 Å². The second kappa shape index (κ2) is 5.40. The molecule has 2 saturated heterocycles. The maximum atomic E-state index is 12.7. The van der Waals surface area contributed by atoms with E-state index in [1.165, 1.54) is 4.90 Å². The summed E-state index contributed by atoms with van der Waals surface area (Å²) in [5.74, 6) is -0.126. The number of carbonyl (C=O) groups is 2. The summed E-state index contributed by atoms with van der Waals surface area (Å²) in [6, 6.07) is 4.89. The van der Waals surface area contributed by atoms with Crippen LogP contribution in [0, 0.1) is 11.8 Å². The monoisotopic (exact) mass is 331 g/mol. The van der Waals surface area contributed by atoms with E-state index in [0.29, 0.717) is 48.8 Å². The van der Waals surface area contributed by atoms with E-state index < -0.39 is 11.8 Å². The van der Waals surface area contributed by atoms with Crippen molar-refractivity contribution >= 4 is 23.1 Å². The minimum atomic E-state index is -0.897. The molecule has 2 unspecified atom stereocenters. The highest BCUT2D eigenvalue weighted by atomic mass is 16.4. The van der Waals surface area contributed by atoms with Crippen LogP contribution in [0.25, 0.3) is 11.1 Å². The molecule has 0 bridgehead atoms. The Labute approximate surface area is 136 Å². The molecule has 8 nitrogen and oxygen atoms in total. The Morgan fingerprint density at radius 2 is 1.92 bits per heavy atom. The lowest BCUT2D eigenvalue weighted by Gasteiger charge is -2.32. The number of oxazole rings is 1. The van der Waals surface area contributed by atoms with Gasteiger partial charge in [-0.25, -0.2) is 9.59 Å². The van der Waals surface area contributed by atoms with Crippen LogP contribution in [0.5, 0.6) is 0 Å². The van der Waals surface area contributed by atoms with Crippen molar-refractivity contribution in [1.29, 1.82) is 0 Å². The highest BCUT2D eigenvalue weighted by Gasteiger charge is 2.40. The molecule has 2 aromatic rings. The third kappa shape index (κ3) is 2.44. The first-order valence-corrected chi connectivity index (χ1v) is 7.91. The average molecular weight is 331 g/mol. The molecule has 8 heteroatoms.